The summed E-state index contributed by atoms with van der Waals surface area (Å²) in [4.78, 5) is 36.1. The van der Waals surface area contributed by atoms with Crippen molar-refractivity contribution in [2.24, 2.45) is 0 Å². The summed E-state index contributed by atoms with van der Waals surface area (Å²) in [5.74, 6) is -0.687. The molecule has 4 amide bonds. The monoisotopic (exact) mass is 286 g/mol. The van der Waals surface area contributed by atoms with E-state index in [2.05, 4.69) is 16.0 Å². The molecule has 0 spiro atoms. The van der Waals surface area contributed by atoms with Crippen molar-refractivity contribution in [3.05, 3.63) is 0 Å². The Morgan fingerprint density at radius 1 is 1.30 bits per heavy atom. The zero-order valence-corrected chi connectivity index (χ0v) is 12.1. The van der Waals surface area contributed by atoms with Crippen molar-refractivity contribution in [2.45, 2.75) is 19.4 Å². The highest BCUT2D eigenvalue weighted by Crippen LogP contribution is 2.19. The lowest BCUT2D eigenvalue weighted by Crippen LogP contribution is -2.49. The summed E-state index contributed by atoms with van der Waals surface area (Å²) >= 11 is 0. The molecular weight excluding hydrogens is 264 g/mol. The molecule has 0 aromatic heterocycles. The summed E-state index contributed by atoms with van der Waals surface area (Å²) in [5, 5.41) is 7.96. The Morgan fingerprint density at radius 3 is 2.55 bits per heavy atom. The highest BCUT2D eigenvalue weighted by molar-refractivity contribution is 6.07. The summed E-state index contributed by atoms with van der Waals surface area (Å²) in [6.45, 7) is 5.46. The maximum atomic E-state index is 11.7. The average molecular weight is 286 g/mol. The third-order valence-corrected chi connectivity index (χ3v) is 3.10. The molecule has 0 aromatic rings. The molecule has 1 aliphatic heterocycles. The van der Waals surface area contributed by atoms with E-state index in [1.807, 2.05) is 0 Å². The zero-order chi connectivity index (χ0) is 15.2. The van der Waals surface area contributed by atoms with Crippen LogP contribution in [0.2, 0.25) is 0 Å². The van der Waals surface area contributed by atoms with E-state index < -0.39 is 17.5 Å². The quantitative estimate of drug-likeness (QED) is 0.379. The number of amides is 4. The van der Waals surface area contributed by atoms with Gasteiger partial charge in [0.1, 0.15) is 12.1 Å². The number of carbonyl (C=O) groups excluding carboxylic acids is 3. The van der Waals surface area contributed by atoms with Crippen LogP contribution in [-0.2, 0) is 14.3 Å². The summed E-state index contributed by atoms with van der Waals surface area (Å²) in [7, 11) is 1.62. The molecule has 1 heterocycles. The summed E-state index contributed by atoms with van der Waals surface area (Å²) < 4.78 is 4.87. The van der Waals surface area contributed by atoms with Gasteiger partial charge in [0.25, 0.3) is 5.91 Å². The van der Waals surface area contributed by atoms with Crippen LogP contribution in [-0.4, -0.2) is 68.2 Å². The first-order valence-electron chi connectivity index (χ1n) is 6.49. The maximum absolute atomic E-state index is 11.7. The van der Waals surface area contributed by atoms with E-state index in [1.54, 1.807) is 21.0 Å². The minimum atomic E-state index is -0.995. The highest BCUT2D eigenvalue weighted by atomic mass is 16.5. The number of carbonyl (C=O) groups is 3. The van der Waals surface area contributed by atoms with Crippen molar-refractivity contribution in [3.8, 4) is 0 Å². The van der Waals surface area contributed by atoms with Gasteiger partial charge >= 0.3 is 6.03 Å². The van der Waals surface area contributed by atoms with E-state index in [-0.39, 0.29) is 12.5 Å². The van der Waals surface area contributed by atoms with Crippen molar-refractivity contribution in [2.75, 3.05) is 39.9 Å². The Kier molecular flexibility index (Phi) is 5.90. The number of hydrogen-bond donors (Lipinski definition) is 3. The Morgan fingerprint density at radius 2 is 2.00 bits per heavy atom. The summed E-state index contributed by atoms with van der Waals surface area (Å²) in [6.07, 6.45) is 0. The van der Waals surface area contributed by atoms with Crippen molar-refractivity contribution in [3.63, 3.8) is 0 Å². The van der Waals surface area contributed by atoms with Crippen LogP contribution in [0.5, 0.6) is 0 Å². The van der Waals surface area contributed by atoms with Gasteiger partial charge in [-0.25, -0.2) is 4.79 Å². The van der Waals surface area contributed by atoms with Crippen LogP contribution in [0.1, 0.15) is 13.8 Å². The van der Waals surface area contributed by atoms with Gasteiger partial charge in [0.05, 0.1) is 6.61 Å². The molecule has 3 N–H and O–H groups in total. The molecule has 8 heteroatoms. The van der Waals surface area contributed by atoms with Crippen molar-refractivity contribution in [1.82, 2.24) is 20.9 Å². The second-order valence-electron chi connectivity index (χ2n) is 5.00. The molecule has 0 radical (unpaired) electrons. The Labute approximate surface area is 118 Å². The normalized spacial score (nSPS) is 17.2. The Balaban J connectivity index is 2.28. The van der Waals surface area contributed by atoms with E-state index in [1.165, 1.54) is 4.90 Å². The standard InChI is InChI=1S/C12H22N4O4/c1-12(2)10(18)15-11(19)16(12)8-9(17)14-5-4-13-6-7-20-3/h13H,4-8H2,1-3H3,(H,14,17)(H,15,18,19). The van der Waals surface area contributed by atoms with Crippen LogP contribution in [0.4, 0.5) is 4.79 Å². The van der Waals surface area contributed by atoms with Gasteiger partial charge in [-0.2, -0.15) is 0 Å². The van der Waals surface area contributed by atoms with Crippen molar-refractivity contribution in [1.29, 1.82) is 0 Å². The molecule has 1 saturated heterocycles. The maximum Gasteiger partial charge on any atom is 0.325 e. The van der Waals surface area contributed by atoms with E-state index >= 15 is 0 Å². The minimum absolute atomic E-state index is 0.136. The second-order valence-corrected chi connectivity index (χ2v) is 5.00. The number of methoxy groups -OCH3 is 1. The molecule has 0 unspecified atom stereocenters. The number of urea groups is 1. The van der Waals surface area contributed by atoms with Gasteiger partial charge in [0, 0.05) is 26.7 Å². The number of nitrogens with zero attached hydrogens (tertiary/aromatic N) is 1. The van der Waals surface area contributed by atoms with E-state index in [0.29, 0.717) is 26.2 Å². The molecule has 114 valence electrons. The van der Waals surface area contributed by atoms with Crippen LogP contribution < -0.4 is 16.0 Å². The number of ether oxygens (including phenoxy) is 1. The lowest BCUT2D eigenvalue weighted by molar-refractivity contribution is -0.127. The molecule has 0 aliphatic carbocycles. The molecular formula is C12H22N4O4. The second kappa shape index (κ2) is 7.20. The van der Waals surface area contributed by atoms with Crippen molar-refractivity contribution >= 4 is 17.8 Å². The minimum Gasteiger partial charge on any atom is -0.383 e. The molecule has 1 rings (SSSR count). The van der Waals surface area contributed by atoms with Gasteiger partial charge in [-0.1, -0.05) is 0 Å². The van der Waals surface area contributed by atoms with Crippen LogP contribution in [0.15, 0.2) is 0 Å². The number of imide groups is 1. The van der Waals surface area contributed by atoms with Crippen LogP contribution >= 0.6 is 0 Å². The number of rotatable bonds is 8. The number of hydrogen-bond acceptors (Lipinski definition) is 5. The summed E-state index contributed by atoms with van der Waals surface area (Å²) in [6, 6.07) is -0.534. The fraction of sp³-hybridized carbons (Fsp3) is 0.750. The lowest BCUT2D eigenvalue weighted by Gasteiger charge is -2.27. The molecule has 0 saturated carbocycles. The SMILES string of the molecule is COCCNCCNC(=O)CN1C(=O)NC(=O)C1(C)C. The third-order valence-electron chi connectivity index (χ3n) is 3.10. The van der Waals surface area contributed by atoms with Gasteiger partial charge in [-0.05, 0) is 13.8 Å². The zero-order valence-electron chi connectivity index (χ0n) is 12.1. The molecule has 0 bridgehead atoms. The van der Waals surface area contributed by atoms with E-state index in [0.717, 1.165) is 0 Å². The fourth-order valence-electron chi connectivity index (χ4n) is 1.75. The van der Waals surface area contributed by atoms with Gasteiger partial charge in [0.2, 0.25) is 5.91 Å². The first-order valence-corrected chi connectivity index (χ1v) is 6.49. The Bertz CT molecular complexity index is 384. The van der Waals surface area contributed by atoms with Gasteiger partial charge < -0.3 is 20.3 Å². The smallest absolute Gasteiger partial charge is 0.325 e. The lowest BCUT2D eigenvalue weighted by atomic mass is 10.0. The predicted molar refractivity (Wildman–Crippen MR) is 72.1 cm³/mol. The first-order chi connectivity index (χ1) is 9.39. The number of nitrogens with one attached hydrogen (secondary N) is 3. The first kappa shape index (κ1) is 16.4. The molecule has 0 aromatic carbocycles. The third kappa shape index (κ3) is 4.17. The Hall–Kier alpha value is -1.67. The van der Waals surface area contributed by atoms with Gasteiger partial charge in [-0.3, -0.25) is 14.9 Å². The summed E-state index contributed by atoms with van der Waals surface area (Å²) in [5.41, 5.74) is -0.995. The van der Waals surface area contributed by atoms with Gasteiger partial charge in [-0.15, -0.1) is 0 Å². The highest BCUT2D eigenvalue weighted by Gasteiger charge is 2.46. The average Bonchev–Trinajstić information content (AvgIpc) is 2.56. The molecule has 8 nitrogen and oxygen atoms in total. The largest absolute Gasteiger partial charge is 0.383 e. The fourth-order valence-corrected chi connectivity index (χ4v) is 1.75. The van der Waals surface area contributed by atoms with Gasteiger partial charge in [0.15, 0.2) is 0 Å². The van der Waals surface area contributed by atoms with E-state index in [4.69, 9.17) is 4.74 Å². The predicted octanol–water partition coefficient (Wildman–Crippen LogP) is -1.33. The van der Waals surface area contributed by atoms with Crippen LogP contribution in [0, 0.1) is 0 Å². The van der Waals surface area contributed by atoms with Crippen LogP contribution in [0.25, 0.3) is 0 Å². The molecule has 1 aliphatic rings. The molecule has 0 atom stereocenters. The van der Waals surface area contributed by atoms with E-state index in [9.17, 15) is 14.4 Å². The molecule has 1 fully saturated rings. The topological polar surface area (TPSA) is 99.8 Å². The van der Waals surface area contributed by atoms with Crippen molar-refractivity contribution < 1.29 is 19.1 Å². The van der Waals surface area contributed by atoms with Crippen LogP contribution in [0.3, 0.4) is 0 Å². The molecule has 20 heavy (non-hydrogen) atoms.